The first-order valence-electron chi connectivity index (χ1n) is 9.49. The fourth-order valence-electron chi connectivity index (χ4n) is 1.99. The van der Waals surface area contributed by atoms with Gasteiger partial charge in [-0.2, -0.15) is 0 Å². The van der Waals surface area contributed by atoms with Crippen molar-refractivity contribution in [1.82, 2.24) is 14.1 Å². The van der Waals surface area contributed by atoms with E-state index in [1.165, 1.54) is 10.1 Å². The van der Waals surface area contributed by atoms with E-state index in [1.54, 1.807) is 22.7 Å². The quantitative estimate of drug-likeness (QED) is 0.250. The molecule has 0 fully saturated rings. The summed E-state index contributed by atoms with van der Waals surface area (Å²) < 4.78 is 8.00. The minimum Gasteiger partial charge on any atom is -0.341 e. The number of nitrogens with zero attached hydrogens (tertiary/aromatic N) is 3. The minimum atomic E-state index is 0.866. The molecule has 4 heterocycles. The number of pyridine rings is 2. The second-order valence-electron chi connectivity index (χ2n) is 4.74. The first-order chi connectivity index (χ1) is 13.6. The van der Waals surface area contributed by atoms with Gasteiger partial charge in [-0.15, -0.1) is 22.7 Å². The summed E-state index contributed by atoms with van der Waals surface area (Å²) in [7, 11) is 3.92. The molecule has 0 amide bonds. The summed E-state index contributed by atoms with van der Waals surface area (Å²) in [6, 6.07) is 6.15. The highest BCUT2D eigenvalue weighted by atomic mass is 32.1. The van der Waals surface area contributed by atoms with Crippen molar-refractivity contribution in [3.63, 3.8) is 0 Å². The van der Waals surface area contributed by atoms with Crippen molar-refractivity contribution in [3.8, 4) is 0 Å². The lowest BCUT2D eigenvalue weighted by Gasteiger charge is -1.96. The van der Waals surface area contributed by atoms with Crippen LogP contribution in [0.4, 0.5) is 0 Å². The molecular weight excluding hydrogens is 423 g/mol. The maximum Gasteiger partial charge on any atom is 0.125 e. The Morgan fingerprint density at radius 3 is 1.89 bits per heavy atom. The van der Waals surface area contributed by atoms with Gasteiger partial charge in [-0.3, -0.25) is 0 Å². The number of thiophene rings is 1. The Labute approximate surface area is 187 Å². The lowest BCUT2D eigenvalue weighted by atomic mass is 10.3. The topological polar surface area (TPSA) is 22.8 Å². The Kier molecular flexibility index (Phi) is 13.8. The molecule has 154 valence electrons. The second-order valence-corrected chi connectivity index (χ2v) is 7.28. The summed E-state index contributed by atoms with van der Waals surface area (Å²) in [4.78, 5) is 4.16. The molecule has 0 aliphatic heterocycles. The Balaban J connectivity index is 0.000000412. The van der Waals surface area contributed by atoms with Gasteiger partial charge in [0, 0.05) is 26.5 Å². The summed E-state index contributed by atoms with van der Waals surface area (Å²) in [5.74, 6) is 0. The first-order valence-corrected chi connectivity index (χ1v) is 12.1. The molecule has 4 aromatic heterocycles. The molecule has 0 unspecified atom stereocenters. The van der Waals surface area contributed by atoms with Crippen LogP contribution in [0.25, 0.3) is 20.3 Å². The number of rotatable bonds is 0. The monoisotopic (exact) mass is 453 g/mol. The minimum absolute atomic E-state index is 0.866. The zero-order chi connectivity index (χ0) is 21.7. The highest BCUT2D eigenvalue weighted by molar-refractivity contribution is 7.72. The number of hydrogen-bond acceptors (Lipinski definition) is 5. The van der Waals surface area contributed by atoms with Crippen LogP contribution < -0.4 is 0 Å². The Morgan fingerprint density at radius 2 is 1.29 bits per heavy atom. The SMILES string of the molecule is CC.CC.CC.Cn1ccc2ccsc2c1=S.Cn1ccc2ncsc2c1=S. The molecule has 4 rings (SSSR count). The average Bonchev–Trinajstić information content (AvgIpc) is 3.43. The third kappa shape index (κ3) is 6.88. The molecule has 4 aromatic rings. The smallest absolute Gasteiger partial charge is 0.125 e. The number of hydrogen-bond donors (Lipinski definition) is 0. The molecule has 0 saturated carbocycles. The highest BCUT2D eigenvalue weighted by Gasteiger charge is 1.98. The van der Waals surface area contributed by atoms with Crippen LogP contribution in [0.3, 0.4) is 0 Å². The molecule has 0 aliphatic carbocycles. The number of thiazole rings is 1. The van der Waals surface area contributed by atoms with Crippen molar-refractivity contribution in [3.05, 3.63) is 50.8 Å². The maximum absolute atomic E-state index is 5.22. The van der Waals surface area contributed by atoms with Gasteiger partial charge in [-0.25, -0.2) is 4.98 Å². The van der Waals surface area contributed by atoms with E-state index >= 15 is 0 Å². The van der Waals surface area contributed by atoms with Gasteiger partial charge in [-0.1, -0.05) is 66.0 Å². The van der Waals surface area contributed by atoms with Crippen LogP contribution in [0, 0.1) is 9.28 Å². The third-order valence-electron chi connectivity index (χ3n) is 3.25. The van der Waals surface area contributed by atoms with Crippen LogP contribution >= 0.6 is 47.1 Å². The van der Waals surface area contributed by atoms with Crippen LogP contribution in [-0.2, 0) is 14.1 Å². The molecule has 0 aromatic carbocycles. The maximum atomic E-state index is 5.22. The van der Waals surface area contributed by atoms with E-state index < -0.39 is 0 Å². The number of fused-ring (bicyclic) bond motifs is 2. The van der Waals surface area contributed by atoms with Gasteiger partial charge in [0.1, 0.15) is 9.28 Å². The van der Waals surface area contributed by atoms with Gasteiger partial charge in [0.15, 0.2) is 0 Å². The van der Waals surface area contributed by atoms with E-state index in [1.807, 2.05) is 88.7 Å². The number of aryl methyl sites for hydroxylation is 2. The molecule has 0 bridgehead atoms. The van der Waals surface area contributed by atoms with E-state index in [9.17, 15) is 0 Å². The standard InChI is InChI=1S/C8H7NS2.C7H6N2S2.3C2H6/c1-9-4-2-6-3-5-11-7(6)8(9)10;1-9-3-2-5-6(7(9)10)11-4-8-5;3*1-2/h2-5H,1H3;2-4H,1H3;3*1-2H3. The van der Waals surface area contributed by atoms with Gasteiger partial charge < -0.3 is 9.13 Å². The average molecular weight is 454 g/mol. The van der Waals surface area contributed by atoms with Gasteiger partial charge in [0.25, 0.3) is 0 Å². The molecule has 0 spiro atoms. The normalized spacial score (nSPS) is 9.00. The van der Waals surface area contributed by atoms with Gasteiger partial charge >= 0.3 is 0 Å². The molecule has 0 atom stereocenters. The van der Waals surface area contributed by atoms with E-state index in [-0.39, 0.29) is 0 Å². The summed E-state index contributed by atoms with van der Waals surface area (Å²) in [5, 5.41) is 3.32. The fraction of sp³-hybridized carbons (Fsp3) is 0.381. The Morgan fingerprint density at radius 1 is 0.750 bits per heavy atom. The van der Waals surface area contributed by atoms with Crippen molar-refractivity contribution < 1.29 is 0 Å². The summed E-state index contributed by atoms with van der Waals surface area (Å²) >= 11 is 13.7. The molecule has 0 N–H and O–H groups in total. The molecule has 28 heavy (non-hydrogen) atoms. The van der Waals surface area contributed by atoms with E-state index in [0.717, 1.165) is 19.5 Å². The van der Waals surface area contributed by atoms with Gasteiger partial charge in [-0.05, 0) is 29.0 Å². The second kappa shape index (κ2) is 14.6. The van der Waals surface area contributed by atoms with Crippen LogP contribution in [0.5, 0.6) is 0 Å². The lowest BCUT2D eigenvalue weighted by Crippen LogP contribution is -1.89. The lowest BCUT2D eigenvalue weighted by molar-refractivity contribution is 0.900. The fourth-order valence-corrected chi connectivity index (χ4v) is 4.25. The van der Waals surface area contributed by atoms with Crippen molar-refractivity contribution in [2.75, 3.05) is 0 Å². The zero-order valence-corrected chi connectivity index (χ0v) is 21.3. The van der Waals surface area contributed by atoms with Gasteiger partial charge in [0.05, 0.1) is 20.4 Å². The third-order valence-corrected chi connectivity index (χ3v) is 6.28. The molecule has 0 aliphatic rings. The van der Waals surface area contributed by atoms with Gasteiger partial charge in [0.2, 0.25) is 0 Å². The Hall–Kier alpha value is -1.41. The van der Waals surface area contributed by atoms with Crippen LogP contribution in [0.1, 0.15) is 41.5 Å². The van der Waals surface area contributed by atoms with Crippen molar-refractivity contribution >= 4 is 67.4 Å². The largest absolute Gasteiger partial charge is 0.341 e. The van der Waals surface area contributed by atoms with Crippen LogP contribution in [-0.4, -0.2) is 14.1 Å². The van der Waals surface area contributed by atoms with Crippen molar-refractivity contribution in [2.45, 2.75) is 41.5 Å². The van der Waals surface area contributed by atoms with Crippen LogP contribution in [0.2, 0.25) is 0 Å². The zero-order valence-electron chi connectivity index (χ0n) is 18.0. The van der Waals surface area contributed by atoms with Crippen LogP contribution in [0.15, 0.2) is 41.5 Å². The Bertz CT molecular complexity index is 969. The summed E-state index contributed by atoms with van der Waals surface area (Å²) in [6.07, 6.45) is 3.93. The molecule has 3 nitrogen and oxygen atoms in total. The van der Waals surface area contributed by atoms with E-state index in [0.29, 0.717) is 0 Å². The molecule has 0 saturated heterocycles. The predicted molar refractivity (Wildman–Crippen MR) is 135 cm³/mol. The van der Waals surface area contributed by atoms with E-state index in [4.69, 9.17) is 24.4 Å². The summed E-state index contributed by atoms with van der Waals surface area (Å²) in [5.41, 5.74) is 2.82. The summed E-state index contributed by atoms with van der Waals surface area (Å²) in [6.45, 7) is 12.0. The predicted octanol–water partition coefficient (Wildman–Crippen LogP) is 8.41. The van der Waals surface area contributed by atoms with Crippen molar-refractivity contribution in [2.24, 2.45) is 14.1 Å². The van der Waals surface area contributed by atoms with E-state index in [2.05, 4.69) is 22.5 Å². The first kappa shape index (κ1) is 26.6. The number of aromatic nitrogens is 3. The molecule has 7 heteroatoms. The molecular formula is C21H31N3S4. The molecule has 0 radical (unpaired) electrons. The highest BCUT2D eigenvalue weighted by Crippen LogP contribution is 2.21. The van der Waals surface area contributed by atoms with Crippen molar-refractivity contribution in [1.29, 1.82) is 0 Å².